The van der Waals surface area contributed by atoms with Gasteiger partial charge in [-0.25, -0.2) is 9.97 Å². The van der Waals surface area contributed by atoms with Crippen molar-refractivity contribution in [3.63, 3.8) is 0 Å². The molecule has 130 valence electrons. The molecule has 1 unspecified atom stereocenters. The Morgan fingerprint density at radius 3 is 2.52 bits per heavy atom. The smallest absolute Gasteiger partial charge is 0.274 e. The molecule has 1 fully saturated rings. The molecule has 0 bridgehead atoms. The topological polar surface area (TPSA) is 49.3 Å². The van der Waals surface area contributed by atoms with E-state index in [4.69, 9.17) is 0 Å². The first kappa shape index (κ1) is 16.1. The second-order valence-electron chi connectivity index (χ2n) is 7.02. The highest BCUT2D eigenvalue weighted by atomic mass is 16.2. The van der Waals surface area contributed by atoms with E-state index < -0.39 is 0 Å². The molecule has 3 heterocycles. The Balaban J connectivity index is 1.55. The van der Waals surface area contributed by atoms with Gasteiger partial charge in [0.2, 0.25) is 0 Å². The highest BCUT2D eigenvalue weighted by Gasteiger charge is 2.28. The molecule has 0 aliphatic carbocycles. The van der Waals surface area contributed by atoms with Gasteiger partial charge in [-0.3, -0.25) is 4.79 Å². The van der Waals surface area contributed by atoms with Gasteiger partial charge >= 0.3 is 0 Å². The first-order chi connectivity index (χ1) is 12.2. The van der Waals surface area contributed by atoms with Gasteiger partial charge in [-0.2, -0.15) is 0 Å². The van der Waals surface area contributed by atoms with E-state index in [1.165, 1.54) is 24.1 Å². The van der Waals surface area contributed by atoms with E-state index in [1.54, 1.807) is 12.4 Å². The van der Waals surface area contributed by atoms with Gasteiger partial charge in [0.1, 0.15) is 5.69 Å². The number of aromatic nitrogens is 2. The standard InChI is InChI=1S/C20H24N4O/c1-15-12-16-8-4-5-9-18(16)24(15)19-14-21-17(13-22-19)20(25)23-10-6-2-3-7-11-23/h4-5,8-9,13-15H,2-3,6-7,10-12H2,1H3. The number of carbonyl (C=O) groups excluding carboxylic acids is 1. The van der Waals surface area contributed by atoms with Crippen molar-refractivity contribution in [3.8, 4) is 0 Å². The summed E-state index contributed by atoms with van der Waals surface area (Å²) < 4.78 is 0. The van der Waals surface area contributed by atoms with Crippen LogP contribution >= 0.6 is 0 Å². The number of amides is 1. The summed E-state index contributed by atoms with van der Waals surface area (Å²) in [7, 11) is 0. The SMILES string of the molecule is CC1Cc2ccccc2N1c1cnc(C(=O)N2CCCCCC2)cn1. The van der Waals surface area contributed by atoms with Crippen LogP contribution in [-0.2, 0) is 6.42 Å². The van der Waals surface area contributed by atoms with Crippen molar-refractivity contribution in [3.05, 3.63) is 47.9 Å². The van der Waals surface area contributed by atoms with Crippen molar-refractivity contribution in [1.29, 1.82) is 0 Å². The van der Waals surface area contributed by atoms with Crippen molar-refractivity contribution in [2.75, 3.05) is 18.0 Å². The van der Waals surface area contributed by atoms with Crippen molar-refractivity contribution >= 4 is 17.4 Å². The molecule has 1 aromatic carbocycles. The van der Waals surface area contributed by atoms with Crippen molar-refractivity contribution < 1.29 is 4.79 Å². The third kappa shape index (κ3) is 3.11. The average molecular weight is 336 g/mol. The molecule has 25 heavy (non-hydrogen) atoms. The Morgan fingerprint density at radius 1 is 1.04 bits per heavy atom. The number of nitrogens with zero attached hydrogens (tertiary/aromatic N) is 4. The first-order valence-corrected chi connectivity index (χ1v) is 9.22. The Hall–Kier alpha value is -2.43. The molecule has 0 spiro atoms. The maximum atomic E-state index is 12.7. The summed E-state index contributed by atoms with van der Waals surface area (Å²) in [5.41, 5.74) is 2.98. The molecule has 2 aliphatic heterocycles. The Bertz CT molecular complexity index is 751. The number of para-hydroxylation sites is 1. The van der Waals surface area contributed by atoms with Crippen LogP contribution < -0.4 is 4.90 Å². The highest BCUT2D eigenvalue weighted by Crippen LogP contribution is 2.36. The van der Waals surface area contributed by atoms with Gasteiger partial charge in [-0.1, -0.05) is 31.0 Å². The molecule has 1 atom stereocenters. The summed E-state index contributed by atoms with van der Waals surface area (Å²) in [5, 5.41) is 0. The van der Waals surface area contributed by atoms with Crippen LogP contribution in [0.2, 0.25) is 0 Å². The Kier molecular flexibility index (Phi) is 4.38. The molecular weight excluding hydrogens is 312 g/mol. The maximum Gasteiger partial charge on any atom is 0.274 e. The van der Waals surface area contributed by atoms with E-state index in [1.807, 2.05) is 4.90 Å². The second-order valence-corrected chi connectivity index (χ2v) is 7.02. The fourth-order valence-electron chi connectivity index (χ4n) is 3.91. The predicted molar refractivity (Wildman–Crippen MR) is 98.2 cm³/mol. The minimum absolute atomic E-state index is 0.0100. The van der Waals surface area contributed by atoms with Crippen molar-refractivity contribution in [2.45, 2.75) is 45.1 Å². The molecule has 4 rings (SSSR count). The molecule has 0 radical (unpaired) electrons. The molecule has 1 saturated heterocycles. The van der Waals surface area contributed by atoms with Crippen LogP contribution in [0.15, 0.2) is 36.7 Å². The molecule has 0 N–H and O–H groups in total. The molecular formula is C20H24N4O. The van der Waals surface area contributed by atoms with Crippen LogP contribution in [0.5, 0.6) is 0 Å². The van der Waals surface area contributed by atoms with E-state index >= 15 is 0 Å². The van der Waals surface area contributed by atoms with Crippen LogP contribution in [0, 0.1) is 0 Å². The van der Waals surface area contributed by atoms with Crippen LogP contribution in [0.25, 0.3) is 0 Å². The number of hydrogen-bond acceptors (Lipinski definition) is 4. The van der Waals surface area contributed by atoms with Crippen LogP contribution in [0.3, 0.4) is 0 Å². The van der Waals surface area contributed by atoms with E-state index in [0.717, 1.165) is 38.2 Å². The van der Waals surface area contributed by atoms with E-state index in [9.17, 15) is 4.79 Å². The fraction of sp³-hybridized carbons (Fsp3) is 0.450. The van der Waals surface area contributed by atoms with Gasteiger partial charge in [0.05, 0.1) is 12.4 Å². The molecule has 5 nitrogen and oxygen atoms in total. The lowest BCUT2D eigenvalue weighted by molar-refractivity contribution is 0.0755. The van der Waals surface area contributed by atoms with Crippen molar-refractivity contribution in [2.24, 2.45) is 0 Å². The predicted octanol–water partition coefficient (Wildman–Crippen LogP) is 3.58. The molecule has 2 aromatic rings. The largest absolute Gasteiger partial charge is 0.337 e. The molecule has 0 saturated carbocycles. The lowest BCUT2D eigenvalue weighted by Crippen LogP contribution is -2.32. The van der Waals surface area contributed by atoms with Gasteiger partial charge in [0.25, 0.3) is 5.91 Å². The number of fused-ring (bicyclic) bond motifs is 1. The van der Waals surface area contributed by atoms with Crippen molar-refractivity contribution in [1.82, 2.24) is 14.9 Å². The van der Waals surface area contributed by atoms with Gasteiger partial charge < -0.3 is 9.80 Å². The van der Waals surface area contributed by atoms with Crippen LogP contribution in [0.4, 0.5) is 11.5 Å². The summed E-state index contributed by atoms with van der Waals surface area (Å²) in [6.45, 7) is 3.86. The normalized spacial score (nSPS) is 20.3. The summed E-state index contributed by atoms with van der Waals surface area (Å²) in [5.74, 6) is 0.820. The van der Waals surface area contributed by atoms with Gasteiger partial charge in [-0.05, 0) is 37.8 Å². The monoisotopic (exact) mass is 336 g/mol. The maximum absolute atomic E-state index is 12.7. The second kappa shape index (κ2) is 6.82. The van der Waals surface area contributed by atoms with Gasteiger partial charge in [0.15, 0.2) is 5.82 Å². The lowest BCUT2D eigenvalue weighted by Gasteiger charge is -2.24. The third-order valence-corrected chi connectivity index (χ3v) is 5.20. The van der Waals surface area contributed by atoms with Gasteiger partial charge in [0, 0.05) is 24.8 Å². The first-order valence-electron chi connectivity index (χ1n) is 9.22. The number of hydrogen-bond donors (Lipinski definition) is 0. The Morgan fingerprint density at radius 2 is 1.80 bits per heavy atom. The van der Waals surface area contributed by atoms with Gasteiger partial charge in [-0.15, -0.1) is 0 Å². The zero-order chi connectivity index (χ0) is 17.2. The summed E-state index contributed by atoms with van der Waals surface area (Å²) in [6.07, 6.45) is 8.96. The zero-order valence-electron chi connectivity index (χ0n) is 14.7. The molecule has 2 aliphatic rings. The third-order valence-electron chi connectivity index (χ3n) is 5.20. The molecule has 1 amide bonds. The fourth-order valence-corrected chi connectivity index (χ4v) is 3.91. The van der Waals surface area contributed by atoms with E-state index in [-0.39, 0.29) is 5.91 Å². The average Bonchev–Trinajstić information content (AvgIpc) is 2.81. The molecule has 1 aromatic heterocycles. The minimum Gasteiger partial charge on any atom is -0.337 e. The van der Waals surface area contributed by atoms with Crippen LogP contribution in [0.1, 0.15) is 48.7 Å². The number of rotatable bonds is 2. The molecule has 5 heteroatoms. The summed E-state index contributed by atoms with van der Waals surface area (Å²) >= 11 is 0. The quantitative estimate of drug-likeness (QED) is 0.841. The van der Waals surface area contributed by atoms with Crippen LogP contribution in [-0.4, -0.2) is 39.9 Å². The number of benzene rings is 1. The zero-order valence-corrected chi connectivity index (χ0v) is 14.7. The Labute approximate surface area is 148 Å². The lowest BCUT2D eigenvalue weighted by atomic mass is 10.1. The number of carbonyl (C=O) groups is 1. The number of anilines is 2. The summed E-state index contributed by atoms with van der Waals surface area (Å²) in [6, 6.07) is 8.75. The highest BCUT2D eigenvalue weighted by molar-refractivity contribution is 5.92. The summed E-state index contributed by atoms with van der Waals surface area (Å²) in [4.78, 5) is 25.8. The van der Waals surface area contributed by atoms with E-state index in [0.29, 0.717) is 11.7 Å². The van der Waals surface area contributed by atoms with E-state index in [2.05, 4.69) is 46.1 Å². The minimum atomic E-state index is 0.0100. The number of likely N-dealkylation sites (tertiary alicyclic amines) is 1.